The molecule has 0 aromatic heterocycles. The number of halogens is 4. The molecule has 5 atom stereocenters. The number of rotatable bonds is 11. The number of nitrogens with one attached hydrogen (secondary N) is 5. The summed E-state index contributed by atoms with van der Waals surface area (Å²) in [6.45, 7) is 0. The van der Waals surface area contributed by atoms with Crippen LogP contribution in [0.25, 0.3) is 33.4 Å². The maximum atomic E-state index is 13.6. The lowest BCUT2D eigenvalue weighted by Crippen LogP contribution is -2.45. The molecule has 6 N–H and O–H groups in total. The number of phenols is 1. The fourth-order valence-electron chi connectivity index (χ4n) is 13.6. The van der Waals surface area contributed by atoms with Gasteiger partial charge in [0, 0.05) is 56.1 Å². The van der Waals surface area contributed by atoms with Crippen LogP contribution in [-0.2, 0) is 38.4 Å². The molecule has 0 radical (unpaired) electrons. The van der Waals surface area contributed by atoms with Crippen LogP contribution < -0.4 is 41.3 Å². The minimum Gasteiger partial charge on any atom is -0.508 e. The van der Waals surface area contributed by atoms with Gasteiger partial charge in [-0.2, -0.15) is 0 Å². The normalized spacial score (nSPS) is 17.1. The van der Waals surface area contributed by atoms with E-state index in [0.717, 1.165) is 84.6 Å². The van der Waals surface area contributed by atoms with E-state index in [4.69, 9.17) is 23.2 Å². The number of hydrogen-bond donors (Lipinski definition) is 6. The Labute approximate surface area is 645 Å². The SMILES string of the molecule is CN1C(=O)C(Cc2ccc(-c3ccccc3)cc2)NC(=O)c2cc(Cl)ccc21.CN1C(=O)C(Cc2ccc(-c3ccccc3)cc2)NC(=O)c2cc(F)ccc21.CN1C(=O)C(c2ccccc2)NC(c2ccc(O)cc2)c2cc(Cl)ccc21.O=C1NC(Cc2ccc(-c3ccccc3)cc2)C(=O)Nc2ccc(F)cc21. The van der Waals surface area contributed by atoms with E-state index in [2.05, 4.69) is 38.7 Å². The zero-order chi connectivity index (χ0) is 77.1. The first-order chi connectivity index (χ1) is 53.2. The maximum Gasteiger partial charge on any atom is 0.254 e. The first-order valence-corrected chi connectivity index (χ1v) is 36.2. The number of benzene rings is 12. The Hall–Kier alpha value is -12.9. The van der Waals surface area contributed by atoms with Crippen molar-refractivity contribution < 1.29 is 47.4 Å². The molecule has 0 fully saturated rings. The largest absolute Gasteiger partial charge is 0.508 e. The Morgan fingerprint density at radius 1 is 0.355 bits per heavy atom. The molecule has 4 heterocycles. The molecule has 12 aromatic rings. The standard InChI is InChI=1S/C23H19ClN2O2.C23H19FN2O2.C22H19ClN2O2.C22H17FN2O2/c2*1-26-21-12-11-18(24)14-19(21)22(27)25-20(23(26)28)13-15-7-9-17(10-8-15)16-5-3-2-4-6-16;1-25-19-12-9-16(23)13-18(19)20(15-7-10-17(26)11-8-15)24-21(22(25)27)14-5-3-2-4-6-14;23-17-10-11-19-18(13-17)21(26)25-20(22(27)24-19)12-14-6-8-16(9-7-14)15-4-2-1-3-5-15/h2*2-12,14,20H,13H2,1H3,(H,25,27);2-13,20-21,24,26H,1H3;1-11,13,20H,12H2,(H,24,27)(H,25,26). The van der Waals surface area contributed by atoms with Crippen molar-refractivity contribution in [2.45, 2.75) is 49.5 Å². The van der Waals surface area contributed by atoms with Crippen LogP contribution in [0.15, 0.2) is 291 Å². The average Bonchev–Trinajstić information content (AvgIpc) is 1.66. The monoisotopic (exact) mass is 1500 g/mol. The molecule has 4 aliphatic rings. The number of nitrogens with zero attached hydrogens (tertiary/aromatic N) is 3. The number of carbonyl (C=O) groups excluding carboxylic acids is 7. The van der Waals surface area contributed by atoms with Gasteiger partial charge < -0.3 is 41.1 Å². The number of carbonyl (C=O) groups is 7. The van der Waals surface area contributed by atoms with Gasteiger partial charge in [0.25, 0.3) is 17.7 Å². The Kier molecular flexibility index (Phi) is 23.2. The second-order valence-corrected chi connectivity index (χ2v) is 27.7. The van der Waals surface area contributed by atoms with Crippen LogP contribution in [0.5, 0.6) is 5.75 Å². The highest BCUT2D eigenvalue weighted by atomic mass is 35.5. The van der Waals surface area contributed by atoms with Crippen molar-refractivity contribution in [1.29, 1.82) is 0 Å². The Morgan fingerprint density at radius 2 is 0.718 bits per heavy atom. The molecular formula is C90H74Cl2F2N8O8. The van der Waals surface area contributed by atoms with Gasteiger partial charge in [-0.25, -0.2) is 8.78 Å². The molecule has 16 rings (SSSR count). The van der Waals surface area contributed by atoms with E-state index in [-0.39, 0.29) is 52.5 Å². The smallest absolute Gasteiger partial charge is 0.254 e. The van der Waals surface area contributed by atoms with Gasteiger partial charge in [-0.15, -0.1) is 0 Å². The fourth-order valence-corrected chi connectivity index (χ4v) is 14.0. The van der Waals surface area contributed by atoms with Gasteiger partial charge in [-0.1, -0.05) is 229 Å². The highest BCUT2D eigenvalue weighted by Gasteiger charge is 2.37. The molecule has 550 valence electrons. The fraction of sp³-hybridized carbons (Fsp3) is 0.122. The second kappa shape index (κ2) is 33.9. The summed E-state index contributed by atoms with van der Waals surface area (Å²) >= 11 is 12.3. The minimum atomic E-state index is -0.726. The lowest BCUT2D eigenvalue weighted by molar-refractivity contribution is -0.121. The minimum absolute atomic E-state index is 0.0361. The first-order valence-electron chi connectivity index (χ1n) is 35.5. The Balaban J connectivity index is 0.000000129. The zero-order valence-corrected chi connectivity index (χ0v) is 61.4. The summed E-state index contributed by atoms with van der Waals surface area (Å²) in [5.74, 6) is -2.77. The highest BCUT2D eigenvalue weighted by molar-refractivity contribution is 6.31. The lowest BCUT2D eigenvalue weighted by Gasteiger charge is -2.23. The van der Waals surface area contributed by atoms with Gasteiger partial charge in [0.1, 0.15) is 41.6 Å². The molecule has 110 heavy (non-hydrogen) atoms. The molecule has 0 aliphatic carbocycles. The van der Waals surface area contributed by atoms with Crippen LogP contribution in [0, 0.1) is 11.6 Å². The quantitative estimate of drug-likeness (QED) is 0.0727. The van der Waals surface area contributed by atoms with E-state index in [0.29, 0.717) is 51.9 Å². The Bertz CT molecular complexity index is 5210. The maximum absolute atomic E-state index is 13.6. The molecule has 16 nitrogen and oxygen atoms in total. The van der Waals surface area contributed by atoms with Crippen molar-refractivity contribution in [2.75, 3.05) is 41.2 Å². The lowest BCUT2D eigenvalue weighted by atomic mass is 9.96. The van der Waals surface area contributed by atoms with E-state index >= 15 is 0 Å². The Morgan fingerprint density at radius 3 is 1.20 bits per heavy atom. The summed E-state index contributed by atoms with van der Waals surface area (Å²) in [4.78, 5) is 93.6. The van der Waals surface area contributed by atoms with Gasteiger partial charge in [0.2, 0.25) is 23.6 Å². The van der Waals surface area contributed by atoms with E-state index in [1.165, 1.54) is 34.1 Å². The zero-order valence-electron chi connectivity index (χ0n) is 59.9. The third-order valence-electron chi connectivity index (χ3n) is 19.5. The third kappa shape index (κ3) is 17.6. The van der Waals surface area contributed by atoms with Crippen molar-refractivity contribution in [1.82, 2.24) is 21.3 Å². The van der Waals surface area contributed by atoms with Crippen LogP contribution in [0.2, 0.25) is 10.0 Å². The highest BCUT2D eigenvalue weighted by Crippen LogP contribution is 2.40. The predicted octanol–water partition coefficient (Wildman–Crippen LogP) is 16.4. The van der Waals surface area contributed by atoms with E-state index < -0.39 is 47.6 Å². The van der Waals surface area contributed by atoms with Gasteiger partial charge in [0.05, 0.1) is 39.8 Å². The number of hydrogen-bond acceptors (Lipinski definition) is 9. The van der Waals surface area contributed by atoms with Crippen molar-refractivity contribution in [3.05, 3.63) is 363 Å². The van der Waals surface area contributed by atoms with Crippen LogP contribution in [0.3, 0.4) is 0 Å². The van der Waals surface area contributed by atoms with E-state index in [1.807, 2.05) is 206 Å². The van der Waals surface area contributed by atoms with Crippen LogP contribution in [0.1, 0.15) is 76.5 Å². The summed E-state index contributed by atoms with van der Waals surface area (Å²) in [6, 6.07) is 86.0. The summed E-state index contributed by atoms with van der Waals surface area (Å²) in [6.07, 6.45) is 1.13. The van der Waals surface area contributed by atoms with Crippen LogP contribution >= 0.6 is 23.2 Å². The van der Waals surface area contributed by atoms with Crippen molar-refractivity contribution in [3.8, 4) is 39.1 Å². The molecule has 0 saturated heterocycles. The number of fused-ring (bicyclic) bond motifs is 4. The van der Waals surface area contributed by atoms with Crippen molar-refractivity contribution in [3.63, 3.8) is 0 Å². The number of amides is 7. The summed E-state index contributed by atoms with van der Waals surface area (Å²) in [5, 5.41) is 25.2. The van der Waals surface area contributed by atoms with E-state index in [1.54, 1.807) is 62.4 Å². The predicted molar refractivity (Wildman–Crippen MR) is 427 cm³/mol. The molecule has 12 aromatic carbocycles. The molecule has 7 amide bonds. The van der Waals surface area contributed by atoms with Crippen LogP contribution in [-0.4, -0.2) is 85.7 Å². The number of aromatic hydroxyl groups is 1. The third-order valence-corrected chi connectivity index (χ3v) is 20.0. The van der Waals surface area contributed by atoms with Crippen LogP contribution in [0.4, 0.5) is 31.5 Å². The number of anilines is 4. The van der Waals surface area contributed by atoms with Crippen molar-refractivity contribution in [2.24, 2.45) is 0 Å². The van der Waals surface area contributed by atoms with Gasteiger partial charge in [0.15, 0.2) is 0 Å². The topological polar surface area (TPSA) is 210 Å². The summed E-state index contributed by atoms with van der Waals surface area (Å²) in [7, 11) is 5.07. The molecule has 0 saturated carbocycles. The molecule has 0 bridgehead atoms. The average molecular weight is 1500 g/mol. The second-order valence-electron chi connectivity index (χ2n) is 26.8. The first kappa shape index (κ1) is 75.4. The molecule has 0 spiro atoms. The van der Waals surface area contributed by atoms with Crippen molar-refractivity contribution >= 4 is 87.3 Å². The van der Waals surface area contributed by atoms with Gasteiger partial charge >= 0.3 is 0 Å². The molecule has 20 heteroatoms. The molecule has 4 aliphatic heterocycles. The molecule has 5 unspecified atom stereocenters. The van der Waals surface area contributed by atoms with Gasteiger partial charge in [-0.05, 0) is 152 Å². The number of likely N-dealkylation sites (N-methyl/N-ethyl adjacent to an activating group) is 3. The number of phenolic OH excluding ortho intramolecular Hbond substituents is 1. The van der Waals surface area contributed by atoms with E-state index in [9.17, 15) is 47.4 Å². The summed E-state index contributed by atoms with van der Waals surface area (Å²) < 4.78 is 27.0. The summed E-state index contributed by atoms with van der Waals surface area (Å²) in [5.41, 5.74) is 15.1. The van der Waals surface area contributed by atoms with Gasteiger partial charge in [-0.3, -0.25) is 38.9 Å². The molecular weight excluding hydrogens is 1430 g/mol.